The smallest absolute Gasteiger partial charge is 0.105 e. The average Bonchev–Trinajstić information content (AvgIpc) is 1.83. The van der Waals surface area contributed by atoms with Crippen LogP contribution in [0.5, 0.6) is 0 Å². The third-order valence-electron chi connectivity index (χ3n) is 0.495. The molecule has 0 saturated carbocycles. The summed E-state index contributed by atoms with van der Waals surface area (Å²) < 4.78 is 3.86. The van der Waals surface area contributed by atoms with Gasteiger partial charge in [-0.1, -0.05) is 6.58 Å². The maximum atomic E-state index is 5.26. The van der Waals surface area contributed by atoms with Crippen molar-refractivity contribution in [1.82, 2.24) is 0 Å². The molecular formula is C5H10N2S2. The van der Waals surface area contributed by atoms with Gasteiger partial charge in [0, 0.05) is 22.6 Å². The van der Waals surface area contributed by atoms with Crippen LogP contribution in [0, 0.1) is 0 Å². The van der Waals surface area contributed by atoms with Gasteiger partial charge >= 0.3 is 0 Å². The molecule has 0 aromatic heterocycles. The standard InChI is InChI=1S/C5H10N2S2/c1-4(3-8)9-7-5(2)6/h8H,1,3H2,2H3,(H2,6,7). The summed E-state index contributed by atoms with van der Waals surface area (Å²) in [4.78, 5) is 0.906. The maximum absolute atomic E-state index is 5.26. The van der Waals surface area contributed by atoms with Crippen molar-refractivity contribution in [2.24, 2.45) is 10.1 Å². The molecule has 0 saturated heterocycles. The number of thiol groups is 1. The van der Waals surface area contributed by atoms with Crippen molar-refractivity contribution in [3.8, 4) is 0 Å². The molecule has 0 aromatic rings. The van der Waals surface area contributed by atoms with E-state index >= 15 is 0 Å². The molecule has 0 aromatic carbocycles. The summed E-state index contributed by atoms with van der Waals surface area (Å²) in [7, 11) is 0. The molecule has 0 atom stereocenters. The van der Waals surface area contributed by atoms with Crippen molar-refractivity contribution >= 4 is 30.4 Å². The van der Waals surface area contributed by atoms with E-state index in [1.54, 1.807) is 6.92 Å². The summed E-state index contributed by atoms with van der Waals surface area (Å²) >= 11 is 5.26. The number of rotatable bonds is 3. The molecule has 0 amide bonds. The van der Waals surface area contributed by atoms with Crippen LogP contribution in [-0.2, 0) is 0 Å². The molecule has 2 nitrogen and oxygen atoms in total. The fourth-order valence-electron chi connectivity index (χ4n) is 0.165. The van der Waals surface area contributed by atoms with E-state index < -0.39 is 0 Å². The molecule has 0 heterocycles. The van der Waals surface area contributed by atoms with Gasteiger partial charge < -0.3 is 5.73 Å². The summed E-state index contributed by atoms with van der Waals surface area (Å²) in [5.41, 5.74) is 5.26. The zero-order valence-electron chi connectivity index (χ0n) is 5.29. The van der Waals surface area contributed by atoms with Crippen LogP contribution in [0.2, 0.25) is 0 Å². The van der Waals surface area contributed by atoms with Crippen LogP contribution in [0.4, 0.5) is 0 Å². The first-order valence-corrected chi connectivity index (χ1v) is 3.83. The third kappa shape index (κ3) is 5.79. The van der Waals surface area contributed by atoms with Gasteiger partial charge in [-0.15, -0.1) is 0 Å². The molecule has 52 valence electrons. The fraction of sp³-hybridized carbons (Fsp3) is 0.400. The first-order valence-electron chi connectivity index (χ1n) is 2.42. The Morgan fingerprint density at radius 1 is 1.89 bits per heavy atom. The zero-order valence-corrected chi connectivity index (χ0v) is 7.01. The first-order chi connectivity index (χ1) is 4.16. The zero-order chi connectivity index (χ0) is 7.28. The summed E-state index contributed by atoms with van der Waals surface area (Å²) in [6.45, 7) is 5.40. The Balaban J connectivity index is 3.50. The lowest BCUT2D eigenvalue weighted by Crippen LogP contribution is -2.03. The number of hydrogen-bond donors (Lipinski definition) is 2. The van der Waals surface area contributed by atoms with Crippen LogP contribution < -0.4 is 5.73 Å². The number of nitrogens with zero attached hydrogens (tertiary/aromatic N) is 1. The second-order valence-electron chi connectivity index (χ2n) is 1.52. The van der Waals surface area contributed by atoms with Crippen LogP contribution in [0.1, 0.15) is 6.92 Å². The molecule has 0 bridgehead atoms. The Bertz CT molecular complexity index is 127. The number of nitrogens with two attached hydrogens (primary N) is 1. The van der Waals surface area contributed by atoms with E-state index in [0.717, 1.165) is 4.91 Å². The highest BCUT2D eigenvalue weighted by Crippen LogP contribution is 2.14. The summed E-state index contributed by atoms with van der Waals surface area (Å²) in [5.74, 6) is 1.20. The molecule has 0 fully saturated rings. The van der Waals surface area contributed by atoms with Gasteiger partial charge in [0.05, 0.1) is 0 Å². The summed E-state index contributed by atoms with van der Waals surface area (Å²) in [6, 6.07) is 0. The molecule has 0 spiro atoms. The Kier molecular flexibility index (Phi) is 4.71. The Labute approximate surface area is 65.2 Å². The van der Waals surface area contributed by atoms with Crippen LogP contribution >= 0.6 is 24.6 Å². The SMILES string of the molecule is C=C(CS)SN=C(C)N. The van der Waals surface area contributed by atoms with Gasteiger partial charge in [-0.05, 0) is 6.92 Å². The van der Waals surface area contributed by atoms with Crippen molar-refractivity contribution in [3.05, 3.63) is 11.5 Å². The summed E-state index contributed by atoms with van der Waals surface area (Å²) in [6.07, 6.45) is 0. The van der Waals surface area contributed by atoms with Crippen molar-refractivity contribution < 1.29 is 0 Å². The highest BCUT2D eigenvalue weighted by Gasteiger charge is 1.87. The fourth-order valence-corrected chi connectivity index (χ4v) is 0.669. The van der Waals surface area contributed by atoms with Crippen molar-refractivity contribution in [2.75, 3.05) is 5.75 Å². The number of hydrogen-bond acceptors (Lipinski definition) is 3. The van der Waals surface area contributed by atoms with Crippen LogP contribution in [0.15, 0.2) is 15.9 Å². The minimum absolute atomic E-state index is 0.558. The quantitative estimate of drug-likeness (QED) is 0.285. The lowest BCUT2D eigenvalue weighted by atomic mass is 10.7. The van der Waals surface area contributed by atoms with E-state index in [2.05, 4.69) is 23.6 Å². The summed E-state index contributed by atoms with van der Waals surface area (Å²) in [5, 5.41) is 0. The first kappa shape index (κ1) is 8.91. The number of amidine groups is 1. The Hall–Kier alpha value is -0.0900. The van der Waals surface area contributed by atoms with Crippen LogP contribution in [-0.4, -0.2) is 11.6 Å². The molecule has 0 aliphatic heterocycles. The minimum atomic E-state index is 0.558. The maximum Gasteiger partial charge on any atom is 0.105 e. The average molecular weight is 162 g/mol. The molecule has 0 unspecified atom stereocenters. The molecule has 0 radical (unpaired) electrons. The van der Waals surface area contributed by atoms with E-state index in [1.807, 2.05) is 0 Å². The van der Waals surface area contributed by atoms with Gasteiger partial charge in [-0.25, -0.2) is 0 Å². The Morgan fingerprint density at radius 3 is 2.78 bits per heavy atom. The largest absolute Gasteiger partial charge is 0.387 e. The van der Waals surface area contributed by atoms with E-state index in [1.165, 1.54) is 11.9 Å². The third-order valence-corrected chi connectivity index (χ3v) is 1.87. The molecule has 0 aliphatic rings. The lowest BCUT2D eigenvalue weighted by molar-refractivity contribution is 1.59. The van der Waals surface area contributed by atoms with Gasteiger partial charge in [-0.2, -0.15) is 17.0 Å². The predicted octanol–water partition coefficient (Wildman–Crippen LogP) is 1.46. The van der Waals surface area contributed by atoms with Crippen LogP contribution in [0.3, 0.4) is 0 Å². The highest BCUT2D eigenvalue weighted by molar-refractivity contribution is 8.02. The lowest BCUT2D eigenvalue weighted by Gasteiger charge is -1.93. The van der Waals surface area contributed by atoms with Crippen molar-refractivity contribution in [2.45, 2.75) is 6.92 Å². The van der Waals surface area contributed by atoms with E-state index in [-0.39, 0.29) is 0 Å². The van der Waals surface area contributed by atoms with Gasteiger partial charge in [0.25, 0.3) is 0 Å². The normalized spacial score (nSPS) is 11.6. The minimum Gasteiger partial charge on any atom is -0.387 e. The molecule has 0 aliphatic carbocycles. The van der Waals surface area contributed by atoms with E-state index in [9.17, 15) is 0 Å². The van der Waals surface area contributed by atoms with Gasteiger partial charge in [0.15, 0.2) is 0 Å². The van der Waals surface area contributed by atoms with Crippen molar-refractivity contribution in [1.29, 1.82) is 0 Å². The second kappa shape index (κ2) is 4.76. The van der Waals surface area contributed by atoms with E-state index in [4.69, 9.17) is 5.73 Å². The Morgan fingerprint density at radius 2 is 2.44 bits per heavy atom. The topological polar surface area (TPSA) is 38.4 Å². The van der Waals surface area contributed by atoms with Crippen molar-refractivity contribution in [3.63, 3.8) is 0 Å². The predicted molar refractivity (Wildman–Crippen MR) is 47.9 cm³/mol. The molecule has 2 N–H and O–H groups in total. The molecule has 0 rings (SSSR count). The second-order valence-corrected chi connectivity index (χ2v) is 2.78. The monoisotopic (exact) mass is 162 g/mol. The van der Waals surface area contributed by atoms with E-state index in [0.29, 0.717) is 11.6 Å². The van der Waals surface area contributed by atoms with Gasteiger partial charge in [0.1, 0.15) is 5.84 Å². The highest BCUT2D eigenvalue weighted by atomic mass is 32.2. The molecule has 9 heavy (non-hydrogen) atoms. The molecular weight excluding hydrogens is 152 g/mol. The van der Waals surface area contributed by atoms with Gasteiger partial charge in [0.2, 0.25) is 0 Å². The molecule has 4 heteroatoms. The van der Waals surface area contributed by atoms with Crippen LogP contribution in [0.25, 0.3) is 0 Å². The van der Waals surface area contributed by atoms with Gasteiger partial charge in [-0.3, -0.25) is 0 Å².